The lowest BCUT2D eigenvalue weighted by Gasteiger charge is -2.48. The molecule has 0 amide bonds. The highest BCUT2D eigenvalue weighted by Gasteiger charge is 2.61. The summed E-state index contributed by atoms with van der Waals surface area (Å²) in [6.45, 7) is 14.7. The van der Waals surface area contributed by atoms with E-state index in [-0.39, 0.29) is 17.9 Å². The van der Waals surface area contributed by atoms with Crippen molar-refractivity contribution in [1.29, 1.82) is 0 Å². The van der Waals surface area contributed by atoms with E-state index < -0.39 is 45.4 Å². The zero-order valence-electron chi connectivity index (χ0n) is 27.2. The molecule has 0 radical (unpaired) electrons. The van der Waals surface area contributed by atoms with Gasteiger partial charge in [-0.1, -0.05) is 51.1 Å². The molecule has 2 aromatic carbocycles. The van der Waals surface area contributed by atoms with Crippen LogP contribution < -0.4 is 4.74 Å². The number of rotatable bonds is 13. The summed E-state index contributed by atoms with van der Waals surface area (Å²) in [6.07, 6.45) is 4.92. The number of benzene rings is 2. The molecule has 0 saturated heterocycles. The minimum Gasteiger partial charge on any atom is -0.508 e. The predicted molar refractivity (Wildman–Crippen MR) is 166 cm³/mol. The zero-order chi connectivity index (χ0) is 32.1. The van der Waals surface area contributed by atoms with Gasteiger partial charge in [0.25, 0.3) is 0 Å². The summed E-state index contributed by atoms with van der Waals surface area (Å²) in [7, 11) is 0. The molecule has 3 atom stereocenters. The molecule has 7 nitrogen and oxygen atoms in total. The molecule has 3 rings (SSSR count). The second-order valence-corrected chi connectivity index (χ2v) is 13.4. The molecule has 1 aliphatic carbocycles. The first-order chi connectivity index (χ1) is 20.1. The van der Waals surface area contributed by atoms with E-state index in [1.165, 1.54) is 24.3 Å². The lowest BCUT2D eigenvalue weighted by Crippen LogP contribution is -2.55. The number of hydrogen-bond donors (Lipinski definition) is 1. The molecule has 3 unspecified atom stereocenters. The van der Waals surface area contributed by atoms with E-state index in [2.05, 4.69) is 0 Å². The van der Waals surface area contributed by atoms with Crippen molar-refractivity contribution in [3.05, 3.63) is 60.2 Å². The van der Waals surface area contributed by atoms with E-state index in [4.69, 9.17) is 14.2 Å². The van der Waals surface area contributed by atoms with E-state index in [0.717, 1.165) is 31.2 Å². The second-order valence-electron chi connectivity index (χ2n) is 13.4. The third-order valence-corrected chi connectivity index (χ3v) is 10.2. The summed E-state index contributed by atoms with van der Waals surface area (Å²) in [4.78, 5) is 42.6. The largest absolute Gasteiger partial charge is 0.508 e. The van der Waals surface area contributed by atoms with E-state index in [9.17, 15) is 19.5 Å². The molecule has 0 aromatic heterocycles. The van der Waals surface area contributed by atoms with Gasteiger partial charge in [-0.05, 0) is 116 Å². The van der Waals surface area contributed by atoms with Gasteiger partial charge in [-0.2, -0.15) is 0 Å². The van der Waals surface area contributed by atoms with Crippen LogP contribution in [0.25, 0.3) is 0 Å². The third-order valence-electron chi connectivity index (χ3n) is 10.2. The summed E-state index contributed by atoms with van der Waals surface area (Å²) >= 11 is 0. The Labute approximate surface area is 257 Å². The lowest BCUT2D eigenvalue weighted by atomic mass is 9.57. The van der Waals surface area contributed by atoms with Crippen LogP contribution in [0.2, 0.25) is 0 Å². The van der Waals surface area contributed by atoms with E-state index >= 15 is 0 Å². The quantitative estimate of drug-likeness (QED) is 0.184. The molecular weight excluding hydrogens is 544 g/mol. The van der Waals surface area contributed by atoms with Crippen LogP contribution in [0.5, 0.6) is 11.5 Å². The van der Waals surface area contributed by atoms with Gasteiger partial charge in [0.2, 0.25) is 0 Å². The summed E-state index contributed by atoms with van der Waals surface area (Å²) < 4.78 is 18.4. The predicted octanol–water partition coefficient (Wildman–Crippen LogP) is 8.27. The van der Waals surface area contributed by atoms with Crippen LogP contribution in [-0.4, -0.2) is 28.6 Å². The minimum atomic E-state index is -1.46. The van der Waals surface area contributed by atoms with Crippen molar-refractivity contribution < 1.29 is 33.7 Å². The zero-order valence-corrected chi connectivity index (χ0v) is 27.2. The molecular formula is C36H50O7. The van der Waals surface area contributed by atoms with Crippen LogP contribution in [0.4, 0.5) is 0 Å². The van der Waals surface area contributed by atoms with Crippen molar-refractivity contribution in [1.82, 2.24) is 0 Å². The van der Waals surface area contributed by atoms with Crippen molar-refractivity contribution in [2.24, 2.45) is 16.2 Å². The SMILES string of the molecule is CCC1(OC(=O)C(C)(CC)C(C)(CC(C)(CC)C(=O)Oc2ccc(O)cc2)C(=O)OC(C)(C)c2ccccc2)CCCC1. The fraction of sp³-hybridized carbons (Fsp3) is 0.583. The molecule has 7 heteroatoms. The second kappa shape index (κ2) is 13.1. The van der Waals surface area contributed by atoms with Gasteiger partial charge in [-0.3, -0.25) is 14.4 Å². The minimum absolute atomic E-state index is 0.00428. The summed E-state index contributed by atoms with van der Waals surface area (Å²) in [6, 6.07) is 15.4. The number of ether oxygens (including phenoxy) is 3. The Bertz CT molecular complexity index is 1260. The van der Waals surface area contributed by atoms with Gasteiger partial charge < -0.3 is 19.3 Å². The van der Waals surface area contributed by atoms with Gasteiger partial charge in [-0.15, -0.1) is 0 Å². The van der Waals surface area contributed by atoms with Crippen LogP contribution in [0.15, 0.2) is 54.6 Å². The lowest BCUT2D eigenvalue weighted by molar-refractivity contribution is -0.199. The Balaban J connectivity index is 2.06. The number of carbonyl (C=O) groups excluding carboxylic acids is 3. The maximum Gasteiger partial charge on any atom is 0.317 e. The monoisotopic (exact) mass is 594 g/mol. The average molecular weight is 595 g/mol. The molecule has 1 aliphatic rings. The number of carbonyl (C=O) groups is 3. The first-order valence-corrected chi connectivity index (χ1v) is 15.6. The van der Waals surface area contributed by atoms with Crippen LogP contribution in [0, 0.1) is 16.2 Å². The molecule has 0 bridgehead atoms. The standard InChI is InChI=1S/C36H50O7/c1-9-33(6,29(38)41-28-21-19-27(37)20-22-28)25-35(8,31(40)42-32(4,5)26-17-13-12-14-18-26)34(7,10-2)30(39)43-36(11-3)23-15-16-24-36/h12-14,17-22,37H,9-11,15-16,23-25H2,1-8H3. The van der Waals surface area contributed by atoms with Gasteiger partial charge in [0, 0.05) is 0 Å². The average Bonchev–Trinajstić information content (AvgIpc) is 3.46. The molecule has 0 heterocycles. The highest BCUT2D eigenvalue weighted by molar-refractivity contribution is 5.89. The number of phenolic OH excluding ortho intramolecular Hbond substituents is 1. The van der Waals surface area contributed by atoms with Gasteiger partial charge >= 0.3 is 17.9 Å². The maximum absolute atomic E-state index is 14.6. The Kier molecular flexibility index (Phi) is 10.4. The van der Waals surface area contributed by atoms with Crippen molar-refractivity contribution in [2.45, 2.75) is 118 Å². The molecule has 236 valence electrons. The summed E-state index contributed by atoms with van der Waals surface area (Å²) in [5.74, 6) is -1.22. The fourth-order valence-electron chi connectivity index (χ4n) is 6.22. The molecule has 1 N–H and O–H groups in total. The summed E-state index contributed by atoms with van der Waals surface area (Å²) in [5.41, 5.74) is -4.66. The topological polar surface area (TPSA) is 99.1 Å². The summed E-state index contributed by atoms with van der Waals surface area (Å²) in [5, 5.41) is 9.66. The Hall–Kier alpha value is -3.35. The maximum atomic E-state index is 14.6. The van der Waals surface area contributed by atoms with Gasteiger partial charge in [0.1, 0.15) is 22.7 Å². The van der Waals surface area contributed by atoms with Crippen LogP contribution in [0.3, 0.4) is 0 Å². The molecule has 43 heavy (non-hydrogen) atoms. The van der Waals surface area contributed by atoms with E-state index in [1.807, 2.05) is 65.0 Å². The molecule has 1 fully saturated rings. The van der Waals surface area contributed by atoms with Crippen LogP contribution in [-0.2, 0) is 29.5 Å². The van der Waals surface area contributed by atoms with E-state index in [0.29, 0.717) is 19.3 Å². The first-order valence-electron chi connectivity index (χ1n) is 15.6. The number of phenols is 1. The first kappa shape index (κ1) is 34.1. The van der Waals surface area contributed by atoms with Crippen molar-refractivity contribution >= 4 is 17.9 Å². The Morgan fingerprint density at radius 1 is 0.767 bits per heavy atom. The number of esters is 3. The molecule has 1 saturated carbocycles. The van der Waals surface area contributed by atoms with Crippen molar-refractivity contribution in [2.75, 3.05) is 0 Å². The number of aromatic hydroxyl groups is 1. The highest BCUT2D eigenvalue weighted by Crippen LogP contribution is 2.54. The Morgan fingerprint density at radius 3 is 1.86 bits per heavy atom. The molecule has 0 spiro atoms. The third kappa shape index (κ3) is 7.08. The van der Waals surface area contributed by atoms with Crippen LogP contribution >= 0.6 is 0 Å². The molecule has 2 aromatic rings. The van der Waals surface area contributed by atoms with Crippen molar-refractivity contribution in [3.8, 4) is 11.5 Å². The van der Waals surface area contributed by atoms with E-state index in [1.54, 1.807) is 20.8 Å². The molecule has 0 aliphatic heterocycles. The van der Waals surface area contributed by atoms with Crippen LogP contribution in [0.1, 0.15) is 112 Å². The van der Waals surface area contributed by atoms with Gasteiger partial charge in [0.05, 0.1) is 16.2 Å². The highest BCUT2D eigenvalue weighted by atomic mass is 16.6. The van der Waals surface area contributed by atoms with Crippen molar-refractivity contribution in [3.63, 3.8) is 0 Å². The smallest absolute Gasteiger partial charge is 0.317 e. The van der Waals surface area contributed by atoms with Gasteiger partial charge in [0.15, 0.2) is 0 Å². The fourth-order valence-corrected chi connectivity index (χ4v) is 6.22. The Morgan fingerprint density at radius 2 is 1.35 bits per heavy atom. The normalized spacial score (nSPS) is 18.9. The number of hydrogen-bond acceptors (Lipinski definition) is 7. The van der Waals surface area contributed by atoms with Gasteiger partial charge in [-0.25, -0.2) is 0 Å².